The van der Waals surface area contributed by atoms with Crippen LogP contribution in [0.2, 0.25) is 0 Å². The Balaban J connectivity index is 1.76. The quantitative estimate of drug-likeness (QED) is 0.903. The van der Waals surface area contributed by atoms with E-state index in [1.807, 2.05) is 6.07 Å². The second kappa shape index (κ2) is 5.06. The molecule has 1 atom stereocenters. The molecule has 19 heavy (non-hydrogen) atoms. The van der Waals surface area contributed by atoms with Crippen molar-refractivity contribution >= 4 is 5.78 Å². The van der Waals surface area contributed by atoms with Crippen LogP contribution in [0.3, 0.4) is 0 Å². The first-order chi connectivity index (χ1) is 9.25. The average molecular weight is 259 g/mol. The minimum absolute atomic E-state index is 0.0681. The molecule has 1 aliphatic heterocycles. The van der Waals surface area contributed by atoms with E-state index in [4.69, 9.17) is 10.5 Å². The number of hydrogen-bond donors (Lipinski definition) is 1. The molecule has 102 valence electrons. The fraction of sp³-hybridized carbons (Fsp3) is 0.562. The maximum atomic E-state index is 12.5. The molecular weight excluding hydrogens is 238 g/mol. The molecule has 2 N–H and O–H groups in total. The second-order valence-electron chi connectivity index (χ2n) is 5.77. The third kappa shape index (κ3) is 2.21. The van der Waals surface area contributed by atoms with Gasteiger partial charge in [-0.2, -0.15) is 0 Å². The molecule has 1 unspecified atom stereocenters. The van der Waals surface area contributed by atoms with Gasteiger partial charge in [0.15, 0.2) is 0 Å². The molecule has 1 aliphatic carbocycles. The molecule has 1 aromatic carbocycles. The monoisotopic (exact) mass is 259 g/mol. The van der Waals surface area contributed by atoms with Gasteiger partial charge in [0, 0.05) is 18.4 Å². The van der Waals surface area contributed by atoms with Crippen molar-refractivity contribution in [2.45, 2.75) is 38.2 Å². The Morgan fingerprint density at radius 3 is 2.84 bits per heavy atom. The Hall–Kier alpha value is -1.19. The van der Waals surface area contributed by atoms with E-state index in [1.165, 1.54) is 11.1 Å². The average Bonchev–Trinajstić information content (AvgIpc) is 2.38. The fourth-order valence-electron chi connectivity index (χ4n) is 3.23. The molecule has 0 saturated heterocycles. The smallest absolute Gasteiger partial charge is 0.143 e. The summed E-state index contributed by atoms with van der Waals surface area (Å²) in [5.41, 5.74) is 8.08. The summed E-state index contributed by atoms with van der Waals surface area (Å²) in [6.45, 7) is 1.20. The van der Waals surface area contributed by atoms with Crippen LogP contribution in [0.25, 0.3) is 0 Å². The molecule has 3 nitrogen and oxygen atoms in total. The zero-order valence-corrected chi connectivity index (χ0v) is 11.2. The van der Waals surface area contributed by atoms with E-state index >= 15 is 0 Å². The first-order valence-corrected chi connectivity index (χ1v) is 7.18. The molecular formula is C16H21NO2. The minimum Gasteiger partial charge on any atom is -0.373 e. The van der Waals surface area contributed by atoms with E-state index in [9.17, 15) is 4.79 Å². The maximum Gasteiger partial charge on any atom is 0.143 e. The van der Waals surface area contributed by atoms with Crippen LogP contribution < -0.4 is 5.73 Å². The van der Waals surface area contributed by atoms with Crippen molar-refractivity contribution in [2.75, 3.05) is 13.2 Å². The van der Waals surface area contributed by atoms with Gasteiger partial charge in [-0.3, -0.25) is 4.79 Å². The largest absolute Gasteiger partial charge is 0.373 e. The summed E-state index contributed by atoms with van der Waals surface area (Å²) in [7, 11) is 0. The van der Waals surface area contributed by atoms with E-state index in [2.05, 4.69) is 18.2 Å². The molecule has 0 radical (unpaired) electrons. The van der Waals surface area contributed by atoms with Crippen molar-refractivity contribution in [2.24, 2.45) is 11.1 Å². The molecule has 2 aliphatic rings. The van der Waals surface area contributed by atoms with Gasteiger partial charge in [0.1, 0.15) is 5.78 Å². The van der Waals surface area contributed by atoms with Crippen LogP contribution >= 0.6 is 0 Å². The highest BCUT2D eigenvalue weighted by atomic mass is 16.5. The lowest BCUT2D eigenvalue weighted by atomic mass is 9.65. The van der Waals surface area contributed by atoms with Crippen molar-refractivity contribution in [1.82, 2.24) is 0 Å². The standard InChI is InChI=1S/C16H21NO2/c17-11-16(7-3-8-16)15(18)10-14-13-5-2-1-4-12(13)6-9-19-14/h1-2,4-5,14H,3,6-11,17H2. The molecule has 0 aromatic heterocycles. The third-order valence-electron chi connectivity index (χ3n) is 4.76. The van der Waals surface area contributed by atoms with Gasteiger partial charge in [-0.15, -0.1) is 0 Å². The van der Waals surface area contributed by atoms with Gasteiger partial charge in [-0.05, 0) is 30.4 Å². The normalized spacial score (nSPS) is 24.4. The van der Waals surface area contributed by atoms with Crippen LogP contribution in [-0.4, -0.2) is 18.9 Å². The minimum atomic E-state index is -0.240. The SMILES string of the molecule is NCC1(C(=O)CC2OCCc3ccccc32)CCC1. The lowest BCUT2D eigenvalue weighted by Crippen LogP contribution is -2.45. The van der Waals surface area contributed by atoms with Crippen molar-refractivity contribution in [1.29, 1.82) is 0 Å². The van der Waals surface area contributed by atoms with E-state index in [1.54, 1.807) is 0 Å². The van der Waals surface area contributed by atoms with Crippen LogP contribution in [0.4, 0.5) is 0 Å². The van der Waals surface area contributed by atoms with Gasteiger partial charge in [0.2, 0.25) is 0 Å². The fourth-order valence-corrected chi connectivity index (χ4v) is 3.23. The number of benzene rings is 1. The lowest BCUT2D eigenvalue weighted by molar-refractivity contribution is -0.136. The molecule has 1 fully saturated rings. The number of rotatable bonds is 4. The van der Waals surface area contributed by atoms with Crippen molar-refractivity contribution < 1.29 is 9.53 Å². The van der Waals surface area contributed by atoms with Crippen molar-refractivity contribution in [3.05, 3.63) is 35.4 Å². The first-order valence-electron chi connectivity index (χ1n) is 7.18. The predicted molar refractivity (Wildman–Crippen MR) is 73.8 cm³/mol. The Morgan fingerprint density at radius 1 is 1.37 bits per heavy atom. The van der Waals surface area contributed by atoms with E-state index in [0.29, 0.717) is 25.4 Å². The van der Waals surface area contributed by atoms with E-state index in [0.717, 1.165) is 25.7 Å². The highest BCUT2D eigenvalue weighted by molar-refractivity contribution is 5.86. The number of ether oxygens (including phenoxy) is 1. The number of carbonyl (C=O) groups excluding carboxylic acids is 1. The molecule has 0 amide bonds. The number of fused-ring (bicyclic) bond motifs is 1. The van der Waals surface area contributed by atoms with Crippen LogP contribution in [0.1, 0.15) is 42.9 Å². The van der Waals surface area contributed by atoms with Gasteiger partial charge >= 0.3 is 0 Å². The highest BCUT2D eigenvalue weighted by Gasteiger charge is 2.43. The first kappa shape index (κ1) is 12.8. The lowest BCUT2D eigenvalue weighted by Gasteiger charge is -2.40. The molecule has 1 saturated carbocycles. The molecule has 1 heterocycles. The van der Waals surface area contributed by atoms with Gasteiger partial charge in [0.25, 0.3) is 0 Å². The summed E-state index contributed by atoms with van der Waals surface area (Å²) in [6, 6.07) is 8.29. The number of Topliss-reactive ketones (excluding diaryl/α,β-unsaturated/α-hetero) is 1. The molecule has 0 bridgehead atoms. The molecule has 1 aromatic rings. The molecule has 3 heteroatoms. The van der Waals surface area contributed by atoms with Crippen LogP contribution in [0.5, 0.6) is 0 Å². The van der Waals surface area contributed by atoms with E-state index < -0.39 is 0 Å². The topological polar surface area (TPSA) is 52.3 Å². The van der Waals surface area contributed by atoms with Crippen molar-refractivity contribution in [3.8, 4) is 0 Å². The summed E-state index contributed by atoms with van der Waals surface area (Å²) < 4.78 is 5.82. The zero-order valence-electron chi connectivity index (χ0n) is 11.2. The number of nitrogens with two attached hydrogens (primary N) is 1. The van der Waals surface area contributed by atoms with Gasteiger partial charge in [0.05, 0.1) is 12.7 Å². The molecule has 3 rings (SSSR count). The summed E-state index contributed by atoms with van der Waals surface area (Å²) in [4.78, 5) is 12.5. The Labute approximate surface area is 114 Å². The Bertz CT molecular complexity index is 474. The predicted octanol–water partition coefficient (Wildman–Crippen LogP) is 2.39. The van der Waals surface area contributed by atoms with Crippen LogP contribution in [0, 0.1) is 5.41 Å². The maximum absolute atomic E-state index is 12.5. The van der Waals surface area contributed by atoms with Gasteiger partial charge in [-0.25, -0.2) is 0 Å². The zero-order chi connectivity index (χ0) is 13.3. The Morgan fingerprint density at radius 2 is 2.16 bits per heavy atom. The second-order valence-corrected chi connectivity index (χ2v) is 5.77. The van der Waals surface area contributed by atoms with Gasteiger partial charge in [-0.1, -0.05) is 30.7 Å². The van der Waals surface area contributed by atoms with Crippen molar-refractivity contribution in [3.63, 3.8) is 0 Å². The summed E-state index contributed by atoms with van der Waals surface area (Å²) in [5.74, 6) is 0.294. The number of hydrogen-bond acceptors (Lipinski definition) is 3. The highest BCUT2D eigenvalue weighted by Crippen LogP contribution is 2.43. The number of carbonyl (C=O) groups is 1. The summed E-state index contributed by atoms with van der Waals surface area (Å²) in [6.07, 6.45) is 4.40. The van der Waals surface area contributed by atoms with Crippen LogP contribution in [0.15, 0.2) is 24.3 Å². The summed E-state index contributed by atoms with van der Waals surface area (Å²) >= 11 is 0. The Kier molecular flexibility index (Phi) is 3.42. The van der Waals surface area contributed by atoms with Crippen LogP contribution in [-0.2, 0) is 16.0 Å². The summed E-state index contributed by atoms with van der Waals surface area (Å²) in [5, 5.41) is 0. The van der Waals surface area contributed by atoms with Gasteiger partial charge < -0.3 is 10.5 Å². The van der Waals surface area contributed by atoms with E-state index in [-0.39, 0.29) is 11.5 Å². The number of ketones is 1. The third-order valence-corrected chi connectivity index (χ3v) is 4.76. The molecule has 0 spiro atoms.